The van der Waals surface area contributed by atoms with Gasteiger partial charge in [0.05, 0.1) is 13.7 Å². The number of halogens is 1. The van der Waals surface area contributed by atoms with Gasteiger partial charge in [-0.3, -0.25) is 4.79 Å². The van der Waals surface area contributed by atoms with Crippen LogP contribution in [0.15, 0.2) is 54.6 Å². The maximum absolute atomic E-state index is 12.7. The Morgan fingerprint density at radius 3 is 2.40 bits per heavy atom. The molecule has 25 heavy (non-hydrogen) atoms. The van der Waals surface area contributed by atoms with Crippen molar-refractivity contribution < 1.29 is 14.3 Å². The third-order valence-corrected chi connectivity index (χ3v) is 4.26. The molecule has 5 nitrogen and oxygen atoms in total. The molecular weight excluding hydrogens is 340 g/mol. The minimum atomic E-state index is -0.574. The van der Waals surface area contributed by atoms with E-state index in [-0.39, 0.29) is 30.8 Å². The molecule has 0 spiro atoms. The molecule has 2 aromatic rings. The average molecular weight is 361 g/mol. The summed E-state index contributed by atoms with van der Waals surface area (Å²) >= 11 is 0. The van der Waals surface area contributed by atoms with Gasteiger partial charge in [0.25, 0.3) is 0 Å². The van der Waals surface area contributed by atoms with Crippen LogP contribution in [0.3, 0.4) is 0 Å². The van der Waals surface area contributed by atoms with Crippen molar-refractivity contribution in [2.75, 3.05) is 19.0 Å². The number of rotatable bonds is 4. The molecule has 1 amide bonds. The maximum Gasteiger partial charge on any atom is 0.328 e. The number of anilines is 1. The van der Waals surface area contributed by atoms with Crippen LogP contribution in [-0.4, -0.2) is 36.5 Å². The number of hydrogen-bond acceptors (Lipinski definition) is 4. The number of fused-ring (bicyclic) bond motifs is 1. The molecule has 0 aliphatic carbocycles. The predicted octanol–water partition coefficient (Wildman–Crippen LogP) is 2.65. The highest BCUT2D eigenvalue weighted by Gasteiger charge is 2.34. The summed E-state index contributed by atoms with van der Waals surface area (Å²) in [5.74, 6) is -0.499. The lowest BCUT2D eigenvalue weighted by Gasteiger charge is -2.35. The van der Waals surface area contributed by atoms with E-state index in [1.54, 1.807) is 4.90 Å². The SMILES string of the molecule is COC(=O)C1Cc2ccccc2CN1C(=O)CNc1ccccc1.Cl. The van der Waals surface area contributed by atoms with E-state index in [1.807, 2.05) is 54.6 Å². The molecule has 1 aliphatic rings. The van der Waals surface area contributed by atoms with Gasteiger partial charge in [-0.15, -0.1) is 12.4 Å². The van der Waals surface area contributed by atoms with Gasteiger partial charge in [-0.2, -0.15) is 0 Å². The van der Waals surface area contributed by atoms with Crippen LogP contribution in [0.2, 0.25) is 0 Å². The van der Waals surface area contributed by atoms with Crippen molar-refractivity contribution in [3.63, 3.8) is 0 Å². The van der Waals surface area contributed by atoms with E-state index in [9.17, 15) is 9.59 Å². The van der Waals surface area contributed by atoms with Gasteiger partial charge in [-0.05, 0) is 23.3 Å². The van der Waals surface area contributed by atoms with E-state index in [2.05, 4.69) is 5.32 Å². The summed E-state index contributed by atoms with van der Waals surface area (Å²) in [7, 11) is 1.35. The van der Waals surface area contributed by atoms with E-state index in [0.717, 1.165) is 16.8 Å². The van der Waals surface area contributed by atoms with Gasteiger partial charge in [0.15, 0.2) is 0 Å². The Bertz CT molecular complexity index is 736. The normalized spacial score (nSPS) is 15.6. The van der Waals surface area contributed by atoms with Gasteiger partial charge in [-0.1, -0.05) is 42.5 Å². The van der Waals surface area contributed by atoms with E-state index >= 15 is 0 Å². The molecule has 1 N–H and O–H groups in total. The van der Waals surface area contributed by atoms with Crippen LogP contribution >= 0.6 is 12.4 Å². The average Bonchev–Trinajstić information content (AvgIpc) is 2.65. The number of benzene rings is 2. The summed E-state index contributed by atoms with van der Waals surface area (Å²) in [6.45, 7) is 0.560. The molecule has 0 saturated carbocycles. The van der Waals surface area contributed by atoms with Crippen LogP contribution in [0.1, 0.15) is 11.1 Å². The molecule has 1 atom stereocenters. The number of carbonyl (C=O) groups is 2. The summed E-state index contributed by atoms with van der Waals surface area (Å²) in [6.07, 6.45) is 0.486. The Labute approximate surface area is 153 Å². The van der Waals surface area contributed by atoms with Crippen LogP contribution in [-0.2, 0) is 27.3 Å². The summed E-state index contributed by atoms with van der Waals surface area (Å²) in [6, 6.07) is 16.8. The molecule has 0 saturated heterocycles. The van der Waals surface area contributed by atoms with Crippen LogP contribution in [0.25, 0.3) is 0 Å². The number of nitrogens with one attached hydrogen (secondary N) is 1. The summed E-state index contributed by atoms with van der Waals surface area (Å²) in [5.41, 5.74) is 3.04. The largest absolute Gasteiger partial charge is 0.467 e. The molecule has 6 heteroatoms. The lowest BCUT2D eigenvalue weighted by Crippen LogP contribution is -2.50. The van der Waals surface area contributed by atoms with Crippen LogP contribution < -0.4 is 5.32 Å². The lowest BCUT2D eigenvalue weighted by molar-refractivity contribution is -0.153. The highest BCUT2D eigenvalue weighted by Crippen LogP contribution is 2.24. The number of esters is 1. The molecule has 0 aromatic heterocycles. The van der Waals surface area contributed by atoms with Gasteiger partial charge in [-0.25, -0.2) is 4.79 Å². The standard InChI is InChI=1S/C19H20N2O3.ClH/c1-24-19(23)17-11-14-7-5-6-8-15(14)13-21(17)18(22)12-20-16-9-3-2-4-10-16;/h2-10,17,20H,11-13H2,1H3;1H. The maximum atomic E-state index is 12.7. The molecule has 132 valence electrons. The number of para-hydroxylation sites is 1. The Hall–Kier alpha value is -2.53. The third-order valence-electron chi connectivity index (χ3n) is 4.26. The quantitative estimate of drug-likeness (QED) is 0.851. The number of amides is 1. The second-order valence-electron chi connectivity index (χ2n) is 5.75. The number of methoxy groups -OCH3 is 1. The third kappa shape index (κ3) is 4.31. The first-order valence-corrected chi connectivity index (χ1v) is 7.92. The number of nitrogens with zero attached hydrogens (tertiary/aromatic N) is 1. The molecule has 0 fully saturated rings. The van der Waals surface area contributed by atoms with E-state index in [0.29, 0.717) is 13.0 Å². The van der Waals surface area contributed by atoms with Gasteiger partial charge in [0.1, 0.15) is 6.04 Å². The molecule has 3 rings (SSSR count). The molecule has 2 aromatic carbocycles. The first kappa shape index (κ1) is 18.8. The molecule has 1 heterocycles. The van der Waals surface area contributed by atoms with Gasteiger partial charge < -0.3 is 15.0 Å². The first-order chi connectivity index (χ1) is 11.7. The van der Waals surface area contributed by atoms with Crippen molar-refractivity contribution in [1.29, 1.82) is 0 Å². The monoisotopic (exact) mass is 360 g/mol. The van der Waals surface area contributed by atoms with Gasteiger partial charge >= 0.3 is 5.97 Å². The summed E-state index contributed by atoms with van der Waals surface area (Å²) in [4.78, 5) is 26.4. The second-order valence-corrected chi connectivity index (χ2v) is 5.75. The van der Waals surface area contributed by atoms with Crippen LogP contribution in [0, 0.1) is 0 Å². The number of ether oxygens (including phenoxy) is 1. The molecule has 0 bridgehead atoms. The molecular formula is C19H21ClN2O3. The van der Waals surface area contributed by atoms with Crippen molar-refractivity contribution in [3.05, 3.63) is 65.7 Å². The molecule has 1 unspecified atom stereocenters. The van der Waals surface area contributed by atoms with E-state index in [4.69, 9.17) is 4.74 Å². The van der Waals surface area contributed by atoms with Gasteiger partial charge in [0.2, 0.25) is 5.91 Å². The van der Waals surface area contributed by atoms with Crippen molar-refractivity contribution in [2.24, 2.45) is 0 Å². The Kier molecular flexibility index (Phi) is 6.42. The minimum Gasteiger partial charge on any atom is -0.467 e. The second kappa shape index (κ2) is 8.53. The number of carbonyl (C=O) groups excluding carboxylic acids is 2. The Morgan fingerprint density at radius 1 is 1.08 bits per heavy atom. The summed E-state index contributed by atoms with van der Waals surface area (Å²) in [5, 5.41) is 3.10. The van der Waals surface area contributed by atoms with E-state index in [1.165, 1.54) is 7.11 Å². The number of hydrogen-bond donors (Lipinski definition) is 1. The van der Waals surface area contributed by atoms with Crippen LogP contribution in [0.4, 0.5) is 5.69 Å². The zero-order valence-electron chi connectivity index (χ0n) is 14.0. The van der Waals surface area contributed by atoms with Crippen LogP contribution in [0.5, 0.6) is 0 Å². The zero-order valence-corrected chi connectivity index (χ0v) is 14.8. The fourth-order valence-electron chi connectivity index (χ4n) is 2.97. The molecule has 0 radical (unpaired) electrons. The molecule has 1 aliphatic heterocycles. The van der Waals surface area contributed by atoms with Crippen molar-refractivity contribution in [2.45, 2.75) is 19.0 Å². The van der Waals surface area contributed by atoms with Crippen molar-refractivity contribution >= 4 is 30.0 Å². The minimum absolute atomic E-state index is 0. The zero-order chi connectivity index (χ0) is 16.9. The summed E-state index contributed by atoms with van der Waals surface area (Å²) < 4.78 is 4.89. The predicted molar refractivity (Wildman–Crippen MR) is 98.7 cm³/mol. The lowest BCUT2D eigenvalue weighted by atomic mass is 9.94. The Balaban J connectivity index is 0.00000225. The highest BCUT2D eigenvalue weighted by molar-refractivity contribution is 5.87. The van der Waals surface area contributed by atoms with Crippen molar-refractivity contribution in [3.8, 4) is 0 Å². The Morgan fingerprint density at radius 2 is 1.72 bits per heavy atom. The first-order valence-electron chi connectivity index (χ1n) is 7.92. The van der Waals surface area contributed by atoms with Gasteiger partial charge in [0, 0.05) is 18.7 Å². The highest BCUT2D eigenvalue weighted by atomic mass is 35.5. The fraction of sp³-hybridized carbons (Fsp3) is 0.263. The van der Waals surface area contributed by atoms with Crippen molar-refractivity contribution in [1.82, 2.24) is 4.90 Å². The smallest absolute Gasteiger partial charge is 0.328 e. The fourth-order valence-corrected chi connectivity index (χ4v) is 2.97. The van der Waals surface area contributed by atoms with E-state index < -0.39 is 6.04 Å². The topological polar surface area (TPSA) is 58.6 Å².